The van der Waals surface area contributed by atoms with Gasteiger partial charge >= 0.3 is 0 Å². The molecule has 0 aliphatic carbocycles. The Morgan fingerprint density at radius 2 is 1.44 bits per heavy atom. The number of hydrogen-bond acceptors (Lipinski definition) is 4. The van der Waals surface area contributed by atoms with Gasteiger partial charge in [0.2, 0.25) is 0 Å². The average Bonchev–Trinajstić information content (AvgIpc) is 2.60. The van der Waals surface area contributed by atoms with E-state index < -0.39 is 0 Å². The van der Waals surface area contributed by atoms with Crippen LogP contribution >= 0.6 is 0 Å². The van der Waals surface area contributed by atoms with E-state index in [4.69, 9.17) is 20.9 Å². The molecule has 0 fully saturated rings. The van der Waals surface area contributed by atoms with Crippen molar-refractivity contribution in [3.63, 3.8) is 0 Å². The van der Waals surface area contributed by atoms with E-state index in [9.17, 15) is 0 Å². The zero-order valence-electron chi connectivity index (χ0n) is 15.4. The third kappa shape index (κ3) is 6.22. The fraction of sp³-hybridized carbons (Fsp3) is 0.429. The zero-order chi connectivity index (χ0) is 18.1. The number of para-hydroxylation sites is 1. The molecule has 4 nitrogen and oxygen atoms in total. The summed E-state index contributed by atoms with van der Waals surface area (Å²) in [6.45, 7) is 5.46. The summed E-state index contributed by atoms with van der Waals surface area (Å²) in [6, 6.07) is 11.7. The van der Waals surface area contributed by atoms with Gasteiger partial charge in [-0.05, 0) is 62.1 Å². The lowest BCUT2D eigenvalue weighted by Crippen LogP contribution is -2.02. The van der Waals surface area contributed by atoms with E-state index in [-0.39, 0.29) is 0 Å². The number of rotatable bonds is 10. The number of hydrogen-bond donors (Lipinski definition) is 2. The second-order valence-corrected chi connectivity index (χ2v) is 6.47. The van der Waals surface area contributed by atoms with Crippen LogP contribution in [0.4, 0.5) is 11.4 Å². The van der Waals surface area contributed by atoms with Crippen LogP contribution in [-0.4, -0.2) is 13.2 Å². The molecule has 136 valence electrons. The lowest BCUT2D eigenvalue weighted by Gasteiger charge is -2.10. The summed E-state index contributed by atoms with van der Waals surface area (Å²) in [7, 11) is 0. The van der Waals surface area contributed by atoms with Crippen LogP contribution in [0.5, 0.6) is 11.5 Å². The van der Waals surface area contributed by atoms with Crippen LogP contribution in [-0.2, 0) is 0 Å². The van der Waals surface area contributed by atoms with E-state index in [0.29, 0.717) is 0 Å². The molecule has 0 aliphatic rings. The van der Waals surface area contributed by atoms with Crippen molar-refractivity contribution in [3.05, 3.63) is 47.5 Å². The lowest BCUT2D eigenvalue weighted by molar-refractivity contribution is 0.294. The summed E-state index contributed by atoms with van der Waals surface area (Å²) in [6.07, 6.45) is 5.63. The number of nitrogen functional groups attached to an aromatic ring is 2. The smallest absolute Gasteiger partial charge is 0.142 e. The fourth-order valence-corrected chi connectivity index (χ4v) is 2.62. The topological polar surface area (TPSA) is 70.5 Å². The van der Waals surface area contributed by atoms with Gasteiger partial charge in [0.1, 0.15) is 11.5 Å². The number of anilines is 2. The number of unbranched alkanes of at least 4 members (excludes halogenated alkanes) is 4. The molecule has 0 amide bonds. The molecular formula is C21H30N2O2. The highest BCUT2D eigenvalue weighted by Crippen LogP contribution is 2.24. The first kappa shape index (κ1) is 19.0. The fourth-order valence-electron chi connectivity index (χ4n) is 2.62. The van der Waals surface area contributed by atoms with Crippen LogP contribution in [0.1, 0.15) is 43.2 Å². The Morgan fingerprint density at radius 3 is 2.16 bits per heavy atom. The van der Waals surface area contributed by atoms with Gasteiger partial charge in [-0.15, -0.1) is 0 Å². The van der Waals surface area contributed by atoms with Crippen molar-refractivity contribution in [2.24, 2.45) is 0 Å². The van der Waals surface area contributed by atoms with Gasteiger partial charge in [0, 0.05) is 5.69 Å². The summed E-state index contributed by atoms with van der Waals surface area (Å²) in [5, 5.41) is 0. The first-order valence-corrected chi connectivity index (χ1v) is 9.04. The van der Waals surface area contributed by atoms with Crippen LogP contribution in [0.3, 0.4) is 0 Å². The van der Waals surface area contributed by atoms with Crippen molar-refractivity contribution < 1.29 is 9.47 Å². The van der Waals surface area contributed by atoms with Crippen molar-refractivity contribution in [3.8, 4) is 11.5 Å². The highest BCUT2D eigenvalue weighted by molar-refractivity contribution is 5.57. The van der Waals surface area contributed by atoms with Gasteiger partial charge in [-0.3, -0.25) is 0 Å². The highest BCUT2D eigenvalue weighted by Gasteiger charge is 2.02. The second-order valence-electron chi connectivity index (χ2n) is 6.47. The molecule has 2 aromatic carbocycles. The minimum Gasteiger partial charge on any atom is -0.494 e. The zero-order valence-corrected chi connectivity index (χ0v) is 15.4. The maximum atomic E-state index is 6.00. The molecule has 0 aliphatic heterocycles. The van der Waals surface area contributed by atoms with Crippen LogP contribution in [0.25, 0.3) is 0 Å². The summed E-state index contributed by atoms with van der Waals surface area (Å²) in [5.74, 6) is 1.70. The number of ether oxygens (including phenoxy) is 2. The third-order valence-corrected chi connectivity index (χ3v) is 4.34. The molecule has 2 aromatic rings. The van der Waals surface area contributed by atoms with Gasteiger partial charge in [-0.2, -0.15) is 0 Å². The van der Waals surface area contributed by atoms with Crippen LogP contribution in [0, 0.1) is 13.8 Å². The molecule has 0 atom stereocenters. The summed E-state index contributed by atoms with van der Waals surface area (Å²) in [5.41, 5.74) is 15.5. The van der Waals surface area contributed by atoms with E-state index in [1.165, 1.54) is 12.8 Å². The molecule has 4 N–H and O–H groups in total. The Bertz CT molecular complexity index is 671. The van der Waals surface area contributed by atoms with Gasteiger partial charge in [0.25, 0.3) is 0 Å². The molecule has 0 heterocycles. The SMILES string of the molecule is Cc1cc(OCCCCCCCOc2cccc(C)c2N)ccc1N. The summed E-state index contributed by atoms with van der Waals surface area (Å²) >= 11 is 0. The molecule has 0 spiro atoms. The molecule has 25 heavy (non-hydrogen) atoms. The van der Waals surface area contributed by atoms with Gasteiger partial charge < -0.3 is 20.9 Å². The standard InChI is InChI=1S/C21H30N2O2/c1-16-9-8-10-20(21(16)23)25-14-7-5-3-4-6-13-24-18-11-12-19(22)17(2)15-18/h8-12,15H,3-7,13-14,22-23H2,1-2H3. The first-order valence-electron chi connectivity index (χ1n) is 9.04. The highest BCUT2D eigenvalue weighted by atomic mass is 16.5. The van der Waals surface area contributed by atoms with Crippen LogP contribution < -0.4 is 20.9 Å². The number of aryl methyl sites for hydroxylation is 2. The largest absolute Gasteiger partial charge is 0.494 e. The first-order chi connectivity index (χ1) is 12.1. The van der Waals surface area contributed by atoms with Crippen LogP contribution in [0.15, 0.2) is 36.4 Å². The van der Waals surface area contributed by atoms with Crippen molar-refractivity contribution >= 4 is 11.4 Å². The van der Waals surface area contributed by atoms with Crippen LogP contribution in [0.2, 0.25) is 0 Å². The predicted molar refractivity (Wildman–Crippen MR) is 105 cm³/mol. The molecule has 0 aromatic heterocycles. The quantitative estimate of drug-likeness (QED) is 0.477. The molecule has 2 rings (SSSR count). The van der Waals surface area contributed by atoms with E-state index in [1.54, 1.807) is 0 Å². The Morgan fingerprint density at radius 1 is 0.760 bits per heavy atom. The second kappa shape index (κ2) is 9.82. The van der Waals surface area contributed by atoms with Gasteiger partial charge in [-0.25, -0.2) is 0 Å². The molecule has 0 radical (unpaired) electrons. The molecule has 0 saturated heterocycles. The van der Waals surface area contributed by atoms with E-state index >= 15 is 0 Å². The maximum Gasteiger partial charge on any atom is 0.142 e. The molecule has 0 unspecified atom stereocenters. The van der Waals surface area contributed by atoms with E-state index in [2.05, 4.69) is 0 Å². The maximum absolute atomic E-state index is 6.00. The van der Waals surface area contributed by atoms with Crippen molar-refractivity contribution in [2.75, 3.05) is 24.7 Å². The van der Waals surface area contributed by atoms with Crippen molar-refractivity contribution in [1.82, 2.24) is 0 Å². The number of benzene rings is 2. The lowest BCUT2D eigenvalue weighted by atomic mass is 10.1. The Hall–Kier alpha value is -2.36. The Balaban J connectivity index is 1.51. The molecule has 0 bridgehead atoms. The Labute approximate surface area is 151 Å². The van der Waals surface area contributed by atoms with Crippen molar-refractivity contribution in [2.45, 2.75) is 46.0 Å². The predicted octanol–water partition coefficient (Wildman–Crippen LogP) is 4.88. The van der Waals surface area contributed by atoms with E-state index in [0.717, 1.165) is 66.5 Å². The average molecular weight is 342 g/mol. The summed E-state index contributed by atoms with van der Waals surface area (Å²) < 4.78 is 11.5. The third-order valence-electron chi connectivity index (χ3n) is 4.34. The minimum atomic E-state index is 0.717. The number of nitrogens with two attached hydrogens (primary N) is 2. The van der Waals surface area contributed by atoms with Gasteiger partial charge in [0.15, 0.2) is 0 Å². The van der Waals surface area contributed by atoms with Gasteiger partial charge in [0.05, 0.1) is 18.9 Å². The van der Waals surface area contributed by atoms with Gasteiger partial charge in [-0.1, -0.05) is 31.4 Å². The molecule has 0 saturated carbocycles. The monoisotopic (exact) mass is 342 g/mol. The van der Waals surface area contributed by atoms with E-state index in [1.807, 2.05) is 50.2 Å². The van der Waals surface area contributed by atoms with Crippen molar-refractivity contribution in [1.29, 1.82) is 0 Å². The minimum absolute atomic E-state index is 0.717. The molecule has 4 heteroatoms. The summed E-state index contributed by atoms with van der Waals surface area (Å²) in [4.78, 5) is 0. The molecular weight excluding hydrogens is 312 g/mol. The Kier molecular flexibility index (Phi) is 7.45. The normalized spacial score (nSPS) is 10.6.